The van der Waals surface area contributed by atoms with Gasteiger partial charge in [-0.25, -0.2) is 0 Å². The van der Waals surface area contributed by atoms with E-state index in [2.05, 4.69) is 273 Å². The second kappa shape index (κ2) is 15.7. The summed E-state index contributed by atoms with van der Waals surface area (Å²) in [5.41, 5.74) is 23.5. The van der Waals surface area contributed by atoms with Crippen molar-refractivity contribution in [3.8, 4) is 44.5 Å². The average molecular weight is 866 g/mol. The van der Waals surface area contributed by atoms with Crippen molar-refractivity contribution in [1.29, 1.82) is 0 Å². The van der Waals surface area contributed by atoms with Crippen LogP contribution in [-0.2, 0) is 21.7 Å². The monoisotopic (exact) mass is 865 g/mol. The van der Waals surface area contributed by atoms with Crippen LogP contribution < -0.4 is 4.90 Å². The minimum atomic E-state index is -0.504. The first-order valence-corrected chi connectivity index (χ1v) is 24.0. The average Bonchev–Trinajstić information content (AvgIpc) is 3.77. The summed E-state index contributed by atoms with van der Waals surface area (Å²) in [6.45, 7) is 18.9. The Morgan fingerprint density at radius 1 is 0.343 bits per heavy atom. The molecule has 0 unspecified atom stereocenters. The molecule has 67 heavy (non-hydrogen) atoms. The fourth-order valence-electron chi connectivity index (χ4n) is 11.4. The summed E-state index contributed by atoms with van der Waals surface area (Å²) in [4.78, 5) is 2.45. The van der Waals surface area contributed by atoms with Crippen LogP contribution in [-0.4, -0.2) is 0 Å². The second-order valence-corrected chi connectivity index (χ2v) is 21.4. The number of hydrogen-bond donors (Lipinski definition) is 0. The maximum absolute atomic E-state index is 2.52. The zero-order valence-electron chi connectivity index (χ0n) is 40.2. The van der Waals surface area contributed by atoms with Gasteiger partial charge in [0.1, 0.15) is 0 Å². The summed E-state index contributed by atoms with van der Waals surface area (Å²) < 4.78 is 0. The molecule has 0 N–H and O–H groups in total. The summed E-state index contributed by atoms with van der Waals surface area (Å²) in [6.07, 6.45) is 0. The molecule has 0 fully saturated rings. The normalized spacial score (nSPS) is 14.2. The molecular formula is C66H59N. The van der Waals surface area contributed by atoms with E-state index in [-0.39, 0.29) is 16.2 Å². The molecule has 0 radical (unpaired) electrons. The van der Waals surface area contributed by atoms with Gasteiger partial charge in [0.2, 0.25) is 0 Å². The third kappa shape index (κ3) is 6.90. The molecule has 2 aliphatic rings. The van der Waals surface area contributed by atoms with Crippen molar-refractivity contribution in [3.05, 3.63) is 257 Å². The van der Waals surface area contributed by atoms with Gasteiger partial charge < -0.3 is 4.90 Å². The Kier molecular flexibility index (Phi) is 9.94. The number of hydrogen-bond acceptors (Lipinski definition) is 1. The highest BCUT2D eigenvalue weighted by atomic mass is 15.1. The van der Waals surface area contributed by atoms with Crippen LogP contribution in [0.4, 0.5) is 17.1 Å². The quantitative estimate of drug-likeness (QED) is 0.154. The lowest BCUT2D eigenvalue weighted by Crippen LogP contribution is -2.32. The SMILES string of the molecule is CC(C)(C)c1cc2c(c(C(C)(C)C)c1)C(c1ccccc1)(c1ccccc1)c1ccc(-c3cccc(N(c4ccc(-c5ccccc5)cc4)c4ccc5c(c4)C(C)(C)c4ccccc4-5)c3)cc1-2. The van der Waals surface area contributed by atoms with Crippen LogP contribution in [0.3, 0.4) is 0 Å². The number of rotatable bonds is 7. The van der Waals surface area contributed by atoms with Crippen molar-refractivity contribution in [2.75, 3.05) is 4.90 Å². The van der Waals surface area contributed by atoms with E-state index in [0.29, 0.717) is 0 Å². The van der Waals surface area contributed by atoms with E-state index in [1.165, 1.54) is 89.0 Å². The molecule has 11 rings (SSSR count). The van der Waals surface area contributed by atoms with Crippen molar-refractivity contribution >= 4 is 17.1 Å². The fraction of sp³-hybridized carbons (Fsp3) is 0.182. The minimum absolute atomic E-state index is 0.0375. The van der Waals surface area contributed by atoms with Crippen LogP contribution in [0.25, 0.3) is 44.5 Å². The van der Waals surface area contributed by atoms with Gasteiger partial charge in [0.25, 0.3) is 0 Å². The number of fused-ring (bicyclic) bond motifs is 6. The molecule has 2 aliphatic carbocycles. The fourth-order valence-corrected chi connectivity index (χ4v) is 11.4. The van der Waals surface area contributed by atoms with Gasteiger partial charge in [-0.1, -0.05) is 225 Å². The highest BCUT2D eigenvalue weighted by molar-refractivity contribution is 5.92. The van der Waals surface area contributed by atoms with Gasteiger partial charge >= 0.3 is 0 Å². The van der Waals surface area contributed by atoms with Gasteiger partial charge in [0, 0.05) is 22.5 Å². The Bertz CT molecular complexity index is 3270. The van der Waals surface area contributed by atoms with E-state index >= 15 is 0 Å². The van der Waals surface area contributed by atoms with Crippen LogP contribution in [0.2, 0.25) is 0 Å². The molecule has 1 nitrogen and oxygen atoms in total. The zero-order chi connectivity index (χ0) is 46.3. The predicted octanol–water partition coefficient (Wildman–Crippen LogP) is 17.8. The third-order valence-electron chi connectivity index (χ3n) is 14.8. The van der Waals surface area contributed by atoms with Crippen molar-refractivity contribution in [2.24, 2.45) is 0 Å². The van der Waals surface area contributed by atoms with E-state index in [4.69, 9.17) is 0 Å². The molecule has 0 heterocycles. The van der Waals surface area contributed by atoms with Crippen LogP contribution in [0.5, 0.6) is 0 Å². The Morgan fingerprint density at radius 2 is 0.881 bits per heavy atom. The molecule has 0 spiro atoms. The molecule has 0 aromatic heterocycles. The van der Waals surface area contributed by atoms with Gasteiger partial charge in [0.05, 0.1) is 5.41 Å². The number of anilines is 3. The summed E-state index contributed by atoms with van der Waals surface area (Å²) in [6, 6.07) is 79.8. The predicted molar refractivity (Wildman–Crippen MR) is 284 cm³/mol. The lowest BCUT2D eigenvalue weighted by Gasteiger charge is -2.38. The smallest absolute Gasteiger partial charge is 0.0716 e. The summed E-state index contributed by atoms with van der Waals surface area (Å²) in [5, 5.41) is 0. The lowest BCUT2D eigenvalue weighted by molar-refractivity contribution is 0.557. The van der Waals surface area contributed by atoms with Gasteiger partial charge in [-0.2, -0.15) is 0 Å². The van der Waals surface area contributed by atoms with Crippen LogP contribution in [0.1, 0.15) is 99.9 Å². The minimum Gasteiger partial charge on any atom is -0.310 e. The van der Waals surface area contributed by atoms with E-state index in [1.807, 2.05) is 0 Å². The molecule has 328 valence electrons. The van der Waals surface area contributed by atoms with Crippen molar-refractivity contribution in [3.63, 3.8) is 0 Å². The first kappa shape index (κ1) is 42.4. The number of benzene rings is 9. The molecule has 0 bridgehead atoms. The largest absolute Gasteiger partial charge is 0.310 e. The van der Waals surface area contributed by atoms with E-state index < -0.39 is 5.41 Å². The van der Waals surface area contributed by atoms with Crippen molar-refractivity contribution in [1.82, 2.24) is 0 Å². The first-order valence-electron chi connectivity index (χ1n) is 24.0. The highest BCUT2D eigenvalue weighted by Gasteiger charge is 2.49. The van der Waals surface area contributed by atoms with E-state index in [1.54, 1.807) is 0 Å². The van der Waals surface area contributed by atoms with Crippen molar-refractivity contribution < 1.29 is 0 Å². The lowest BCUT2D eigenvalue weighted by atomic mass is 9.63. The molecule has 9 aromatic carbocycles. The van der Waals surface area contributed by atoms with E-state index in [0.717, 1.165) is 17.1 Å². The molecule has 0 saturated carbocycles. The molecular weight excluding hydrogens is 807 g/mol. The Balaban J connectivity index is 1.11. The number of nitrogens with zero attached hydrogens (tertiary/aromatic N) is 1. The zero-order valence-corrected chi connectivity index (χ0v) is 40.2. The Morgan fingerprint density at radius 3 is 1.54 bits per heavy atom. The third-order valence-corrected chi connectivity index (χ3v) is 14.8. The van der Waals surface area contributed by atoms with Gasteiger partial charge in [-0.15, -0.1) is 0 Å². The van der Waals surface area contributed by atoms with Crippen LogP contribution in [0, 0.1) is 0 Å². The Labute approximate surface area is 398 Å². The van der Waals surface area contributed by atoms with Crippen LogP contribution >= 0.6 is 0 Å². The van der Waals surface area contributed by atoms with Gasteiger partial charge in [-0.05, 0) is 142 Å². The molecule has 0 amide bonds. The maximum Gasteiger partial charge on any atom is 0.0716 e. The van der Waals surface area contributed by atoms with E-state index in [9.17, 15) is 0 Å². The maximum atomic E-state index is 2.52. The molecule has 9 aromatic rings. The topological polar surface area (TPSA) is 3.24 Å². The van der Waals surface area contributed by atoms with Gasteiger partial charge in [0.15, 0.2) is 0 Å². The molecule has 0 saturated heterocycles. The summed E-state index contributed by atoms with van der Waals surface area (Å²) in [5.74, 6) is 0. The standard InChI is InChI=1S/C66H59N/c1-63(2,3)50-41-57-56-40-47(33-38-59(56)66(48-24-14-10-15-25-48,49-26-16-11-17-27-49)62(57)61(42-50)64(4,5)6)46-23-20-28-52(39-46)67(51-34-31-45(32-35-51)44-21-12-9-13-22-44)53-36-37-55-54-29-18-19-30-58(54)65(7,8)60(55)43-53/h9-43H,1-8H3. The molecule has 0 aliphatic heterocycles. The second-order valence-electron chi connectivity index (χ2n) is 21.4. The highest BCUT2D eigenvalue weighted by Crippen LogP contribution is 2.60. The molecule has 0 atom stereocenters. The first-order chi connectivity index (χ1) is 32.2. The van der Waals surface area contributed by atoms with Crippen molar-refractivity contribution in [2.45, 2.75) is 77.0 Å². The van der Waals surface area contributed by atoms with Gasteiger partial charge in [-0.3, -0.25) is 0 Å². The molecule has 1 heteroatoms. The Hall–Kier alpha value is -7.22. The summed E-state index contributed by atoms with van der Waals surface area (Å²) >= 11 is 0. The van der Waals surface area contributed by atoms with Crippen LogP contribution in [0.15, 0.2) is 212 Å². The summed E-state index contributed by atoms with van der Waals surface area (Å²) in [7, 11) is 0.